The van der Waals surface area contributed by atoms with Gasteiger partial charge in [0, 0.05) is 16.7 Å². The van der Waals surface area contributed by atoms with Crippen LogP contribution < -0.4 is 0 Å². The molecule has 0 heterocycles. The van der Waals surface area contributed by atoms with Crippen LogP contribution in [0.2, 0.25) is 0 Å². The van der Waals surface area contributed by atoms with Gasteiger partial charge in [-0.2, -0.15) is 0 Å². The highest BCUT2D eigenvalue weighted by molar-refractivity contribution is 5.97. The lowest BCUT2D eigenvalue weighted by Gasteiger charge is -2.55. The van der Waals surface area contributed by atoms with E-state index in [9.17, 15) is 61.3 Å². The first kappa shape index (κ1) is 105. The maximum atomic E-state index is 11.0. The molecule has 0 spiro atoms. The van der Waals surface area contributed by atoms with Crippen molar-refractivity contribution in [1.29, 1.82) is 0 Å². The molecule has 0 amide bonds. The molecule has 15 aliphatic rings. The van der Waals surface area contributed by atoms with E-state index in [1.54, 1.807) is 12.1 Å². The van der Waals surface area contributed by atoms with Gasteiger partial charge in [0.05, 0.1) is 61.0 Å². The first-order chi connectivity index (χ1) is 67.8. The van der Waals surface area contributed by atoms with E-state index in [1.165, 1.54) is 177 Å². The van der Waals surface area contributed by atoms with E-state index in [4.69, 9.17) is 0 Å². The highest BCUT2D eigenvalue weighted by atomic mass is 16.3. The number of aliphatic hydroxyl groups is 10. The Hall–Kier alpha value is -4.70. The van der Waals surface area contributed by atoms with Gasteiger partial charge in [-0.25, -0.2) is 0 Å². The zero-order valence-electron chi connectivity index (χ0n) is 87.6. The van der Waals surface area contributed by atoms with Gasteiger partial charge in [0.25, 0.3) is 0 Å². The van der Waals surface area contributed by atoms with Gasteiger partial charge in [-0.05, 0) is 498 Å². The maximum Gasteiger partial charge on any atom is 0.123 e. The summed E-state index contributed by atoms with van der Waals surface area (Å²) in [6, 6.07) is 38.5. The number of aliphatic hydroxyl groups excluding tert-OH is 10. The molecule has 15 fully saturated rings. The Kier molecular flexibility index (Phi) is 36.6. The van der Waals surface area contributed by atoms with E-state index >= 15 is 0 Å². The Balaban J connectivity index is 0.000000132. The Bertz CT molecular complexity index is 4410. The van der Waals surface area contributed by atoms with E-state index < -0.39 is 0 Å². The summed E-state index contributed by atoms with van der Waals surface area (Å²) in [5, 5.41) is 133. The second-order valence-electron chi connectivity index (χ2n) is 52.0. The zero-order valence-corrected chi connectivity index (χ0v) is 87.6. The highest BCUT2D eigenvalue weighted by Gasteiger charge is 2.54. The fraction of sp³-hybridized carbons (Fsp3) is 0.766. The van der Waals surface area contributed by atoms with Gasteiger partial charge >= 0.3 is 0 Å². The largest absolute Gasteiger partial charge is 0.507 e. The van der Waals surface area contributed by atoms with Crippen LogP contribution in [0, 0.1) is 178 Å². The lowest BCUT2D eigenvalue weighted by Crippen LogP contribution is -2.48. The summed E-state index contributed by atoms with van der Waals surface area (Å²) in [4.78, 5) is 0. The molecule has 15 aliphatic carbocycles. The van der Waals surface area contributed by atoms with E-state index in [0.717, 1.165) is 271 Å². The molecule has 15 saturated carbocycles. The Morgan fingerprint density at radius 3 is 0.850 bits per heavy atom. The molecular weight excluding hydrogens is 1730 g/mol. The molecule has 140 heavy (non-hydrogen) atoms. The van der Waals surface area contributed by atoms with Crippen molar-refractivity contribution in [2.75, 3.05) is 0 Å². The van der Waals surface area contributed by atoms with E-state index in [2.05, 4.69) is 96.1 Å². The second-order valence-corrected chi connectivity index (χ2v) is 52.0. The van der Waals surface area contributed by atoms with Crippen molar-refractivity contribution in [1.82, 2.24) is 0 Å². The molecule has 12 N–H and O–H groups in total. The summed E-state index contributed by atoms with van der Waals surface area (Å²) < 4.78 is 0. The van der Waals surface area contributed by atoms with E-state index in [1.807, 2.05) is 48.5 Å². The van der Waals surface area contributed by atoms with E-state index in [0.29, 0.717) is 107 Å². The average Bonchev–Trinajstić information content (AvgIpc) is 0.763. The predicted molar refractivity (Wildman–Crippen MR) is 570 cm³/mol. The van der Waals surface area contributed by atoms with Crippen LogP contribution in [0.3, 0.4) is 0 Å². The Morgan fingerprint density at radius 2 is 0.479 bits per heavy atom. The average molecular weight is 1920 g/mol. The van der Waals surface area contributed by atoms with Crippen LogP contribution in [0.15, 0.2) is 115 Å². The number of benzene rings is 6. The molecule has 0 aromatic heterocycles. The van der Waals surface area contributed by atoms with Crippen LogP contribution in [-0.2, 0) is 0 Å². The smallest absolute Gasteiger partial charge is 0.123 e. The number of phenols is 2. The van der Waals surface area contributed by atoms with Gasteiger partial charge in [0.2, 0.25) is 0 Å². The Morgan fingerprint density at radius 1 is 0.200 bits per heavy atom. The molecule has 24 unspecified atom stereocenters. The molecule has 24 atom stereocenters. The highest BCUT2D eigenvalue weighted by Crippen LogP contribution is 2.63. The standard InChI is InChI=1S/C51H90O6.C31H22O2.2C23H40O2/c1-28-19-34(7-13-43(28)52)49(35-8-14-44(53)29(2)20-35)40-25-41(50(36-9-15-45(54)30(3)21-36)37-10-16-46(55)31(4)22-37)27-42(26-40)51(38-11-17-47(56)32(5)23-38)39-12-18-48(57)33(6)24-39;32-29-18-16-27(22-11-3-5-13-24(22)29)31(26-15-7-9-20-8-1-2-10-21(20)26)28-17-19-30(33)25-14-6-4-12-23(25)28;24-19-12-8-17(9-13-19)23(18-10-14-20(25)15-11-18)22-7-3-5-16-4-1-2-6-21(16)22;24-21-11-7-17(8-12-21)23(18-9-13-22(25)14-10-18)20-6-5-16-3-1-2-4-19(16)15-20/h28-57H,7-27H2,1-6H3;1-19,31-33H;2*16-25H,1-15H2. The molecule has 0 bridgehead atoms. The molecule has 0 saturated heterocycles. The third kappa shape index (κ3) is 24.7. The van der Waals surface area contributed by atoms with Crippen molar-refractivity contribution in [2.24, 2.45) is 178 Å². The van der Waals surface area contributed by atoms with Crippen molar-refractivity contribution in [3.05, 3.63) is 132 Å². The van der Waals surface area contributed by atoms with Crippen LogP contribution in [0.4, 0.5) is 0 Å². The molecule has 21 rings (SSSR count). The molecule has 0 aliphatic heterocycles. The van der Waals surface area contributed by atoms with Crippen LogP contribution in [0.25, 0.3) is 32.3 Å². The molecule has 12 heteroatoms. The number of hydrogen-bond donors (Lipinski definition) is 12. The van der Waals surface area contributed by atoms with Crippen molar-refractivity contribution in [2.45, 2.75) is 436 Å². The molecule has 6 aromatic carbocycles. The summed E-state index contributed by atoms with van der Waals surface area (Å²) in [6.07, 6.45) is 61.0. The lowest BCUT2D eigenvalue weighted by atomic mass is 9.50. The third-order valence-corrected chi connectivity index (χ3v) is 43.7. The predicted octanol–water partition coefficient (Wildman–Crippen LogP) is 28.0. The van der Waals surface area contributed by atoms with Crippen molar-refractivity contribution in [3.8, 4) is 11.5 Å². The first-order valence-electron chi connectivity index (χ1n) is 59.5. The first-order valence-corrected chi connectivity index (χ1v) is 59.5. The lowest BCUT2D eigenvalue weighted by molar-refractivity contribution is -0.0798. The van der Waals surface area contributed by atoms with Crippen LogP contribution in [0.5, 0.6) is 11.5 Å². The summed E-state index contributed by atoms with van der Waals surface area (Å²) in [5.74, 6) is 21.2. The normalized spacial score (nSPS) is 40.7. The van der Waals surface area contributed by atoms with Crippen LogP contribution in [0.1, 0.15) is 392 Å². The van der Waals surface area contributed by atoms with E-state index in [-0.39, 0.29) is 78.5 Å². The number of phenolic OH excluding ortho intramolecular Hbond substituents is 2. The summed E-state index contributed by atoms with van der Waals surface area (Å²) >= 11 is 0. The minimum Gasteiger partial charge on any atom is -0.507 e. The number of fused-ring (bicyclic) bond motifs is 5. The maximum absolute atomic E-state index is 11.0. The monoisotopic (exact) mass is 1920 g/mol. The minimum absolute atomic E-state index is 0.0286. The molecular formula is C128H192O12. The van der Waals surface area contributed by atoms with Gasteiger partial charge in [0.1, 0.15) is 11.5 Å². The van der Waals surface area contributed by atoms with Crippen molar-refractivity contribution >= 4 is 32.3 Å². The third-order valence-electron chi connectivity index (χ3n) is 43.7. The number of aromatic hydroxyl groups is 2. The second kappa shape index (κ2) is 48.7. The van der Waals surface area contributed by atoms with Gasteiger partial charge in [0.15, 0.2) is 0 Å². The van der Waals surface area contributed by atoms with Gasteiger partial charge in [-0.1, -0.05) is 202 Å². The van der Waals surface area contributed by atoms with Crippen molar-refractivity contribution < 1.29 is 61.3 Å². The summed E-state index contributed by atoms with van der Waals surface area (Å²) in [5.41, 5.74) is 3.44. The summed E-state index contributed by atoms with van der Waals surface area (Å²) in [7, 11) is 0. The minimum atomic E-state index is -0.186. The SMILES string of the molecule is CC1CC(C(C2CCC(O)C(C)C2)C2CC(C(C3CCC(O)C(C)C3)C3CCC(O)C(C)C3)CC(C(C3CCC(O)C(C)C3)C3CCC(O)C(C)C3)C2)CCC1O.OC1CCC(C(C2CCC(O)CC2)C2CCC3CCCCC3C2)CC1.OC1CCC(C(C2CCC(O)CC2)C2CCCC3CCCCC32)CC1.Oc1ccc(C(c2cccc3ccccc23)c2ccc(O)c3ccccc23)c2ccccc12. The van der Waals surface area contributed by atoms with Gasteiger partial charge in [-0.15, -0.1) is 0 Å². The topological polar surface area (TPSA) is 243 Å². The fourth-order valence-corrected chi connectivity index (χ4v) is 36.5. The van der Waals surface area contributed by atoms with Gasteiger partial charge in [-0.3, -0.25) is 0 Å². The molecule has 776 valence electrons. The number of rotatable bonds is 18. The molecule has 0 radical (unpaired) electrons. The van der Waals surface area contributed by atoms with Crippen molar-refractivity contribution in [3.63, 3.8) is 0 Å². The van der Waals surface area contributed by atoms with Crippen LogP contribution in [-0.4, -0.2) is 122 Å². The van der Waals surface area contributed by atoms with Crippen LogP contribution >= 0.6 is 0 Å². The summed E-state index contributed by atoms with van der Waals surface area (Å²) in [6.45, 7) is 13.8. The Labute approximate surface area is 845 Å². The van der Waals surface area contributed by atoms with Gasteiger partial charge < -0.3 is 61.3 Å². The number of hydrogen-bond acceptors (Lipinski definition) is 12. The molecule has 6 aromatic rings. The quantitative estimate of drug-likeness (QED) is 0.0360. The fourth-order valence-electron chi connectivity index (χ4n) is 36.5. The molecule has 12 nitrogen and oxygen atoms in total. The zero-order chi connectivity index (χ0) is 97.5.